The molecule has 1 N–H and O–H groups in total. The average Bonchev–Trinajstić information content (AvgIpc) is 2.12. The first-order chi connectivity index (χ1) is 4.88. The second-order valence-corrected chi connectivity index (χ2v) is 2.36. The van der Waals surface area contributed by atoms with Crippen molar-refractivity contribution in [3.8, 4) is 0 Å². The van der Waals surface area contributed by atoms with Gasteiger partial charge in [0, 0.05) is 12.4 Å². The lowest BCUT2D eigenvalue weighted by molar-refractivity contribution is -0.0246. The normalized spacial score (nSPS) is 18.8. The lowest BCUT2D eigenvalue weighted by atomic mass is 10.2. The maximum absolute atomic E-state index is 10.9. The van der Waals surface area contributed by atoms with Gasteiger partial charge >= 0.3 is 5.69 Å². The van der Waals surface area contributed by atoms with Gasteiger partial charge in [0.05, 0.1) is 19.3 Å². The molecule has 0 aromatic carbocycles. The van der Waals surface area contributed by atoms with Gasteiger partial charge < -0.3 is 9.72 Å². The quantitative estimate of drug-likeness (QED) is 0.584. The minimum atomic E-state index is -0.0479. The van der Waals surface area contributed by atoms with Gasteiger partial charge in [-0.15, -0.1) is 0 Å². The summed E-state index contributed by atoms with van der Waals surface area (Å²) in [6, 6.07) is 0.263. The Morgan fingerprint density at radius 3 is 2.90 bits per heavy atom. The first kappa shape index (κ1) is 5.73. The minimum absolute atomic E-state index is 0.0479. The van der Waals surface area contributed by atoms with Crippen LogP contribution in [0.25, 0.3) is 0 Å². The van der Waals surface area contributed by atoms with E-state index in [1.54, 1.807) is 17.0 Å². The van der Waals surface area contributed by atoms with Gasteiger partial charge in [-0.3, -0.25) is 4.57 Å². The smallest absolute Gasteiger partial charge is 0.325 e. The monoisotopic (exact) mass is 140 g/mol. The molecule has 1 aliphatic heterocycles. The van der Waals surface area contributed by atoms with Crippen LogP contribution in [0, 0.1) is 0 Å². The van der Waals surface area contributed by atoms with Crippen molar-refractivity contribution < 1.29 is 4.74 Å². The van der Waals surface area contributed by atoms with Crippen LogP contribution in [0.3, 0.4) is 0 Å². The van der Waals surface area contributed by atoms with Gasteiger partial charge in [0.15, 0.2) is 0 Å². The van der Waals surface area contributed by atoms with E-state index in [1.165, 1.54) is 0 Å². The number of aromatic amines is 1. The van der Waals surface area contributed by atoms with Crippen molar-refractivity contribution in [1.82, 2.24) is 9.55 Å². The Kier molecular flexibility index (Phi) is 1.14. The van der Waals surface area contributed by atoms with Crippen LogP contribution in [0.1, 0.15) is 6.04 Å². The molecule has 1 aromatic heterocycles. The maximum Gasteiger partial charge on any atom is 0.325 e. The molecule has 4 heteroatoms. The lowest BCUT2D eigenvalue weighted by Gasteiger charge is -2.25. The van der Waals surface area contributed by atoms with Crippen LogP contribution < -0.4 is 5.69 Å². The highest BCUT2D eigenvalue weighted by molar-refractivity contribution is 4.84. The van der Waals surface area contributed by atoms with Crippen molar-refractivity contribution >= 4 is 0 Å². The van der Waals surface area contributed by atoms with Crippen LogP contribution in [0.15, 0.2) is 17.2 Å². The van der Waals surface area contributed by atoms with Crippen LogP contribution in [-0.2, 0) is 4.74 Å². The number of imidazole rings is 1. The molecule has 0 amide bonds. The molecule has 4 nitrogen and oxygen atoms in total. The van der Waals surface area contributed by atoms with Gasteiger partial charge in [-0.05, 0) is 0 Å². The second-order valence-electron chi connectivity index (χ2n) is 2.36. The average molecular weight is 140 g/mol. The molecular formula is C6H8N2O2. The van der Waals surface area contributed by atoms with Crippen molar-refractivity contribution in [3.63, 3.8) is 0 Å². The number of ether oxygens (including phenoxy) is 1. The van der Waals surface area contributed by atoms with Crippen LogP contribution in [0.2, 0.25) is 0 Å². The van der Waals surface area contributed by atoms with E-state index in [1.807, 2.05) is 0 Å². The van der Waals surface area contributed by atoms with Crippen molar-refractivity contribution in [3.05, 3.63) is 22.9 Å². The molecule has 2 rings (SSSR count). The number of hydrogen-bond acceptors (Lipinski definition) is 2. The third-order valence-electron chi connectivity index (χ3n) is 1.69. The molecule has 0 spiro atoms. The molecule has 0 unspecified atom stereocenters. The number of hydrogen-bond donors (Lipinski definition) is 1. The van der Waals surface area contributed by atoms with Gasteiger partial charge in [0.2, 0.25) is 0 Å². The Hall–Kier alpha value is -1.03. The highest BCUT2D eigenvalue weighted by atomic mass is 16.5. The SMILES string of the molecule is O=c1[nH]ccn1C1COC1. The second kappa shape index (κ2) is 1.98. The van der Waals surface area contributed by atoms with Gasteiger partial charge in [-0.25, -0.2) is 4.79 Å². The predicted octanol–water partition coefficient (Wildman–Crippen LogP) is -0.252. The predicted molar refractivity (Wildman–Crippen MR) is 34.9 cm³/mol. The van der Waals surface area contributed by atoms with Crippen molar-refractivity contribution in [2.75, 3.05) is 13.2 Å². The van der Waals surface area contributed by atoms with E-state index in [0.29, 0.717) is 13.2 Å². The molecule has 1 fully saturated rings. The summed E-state index contributed by atoms with van der Waals surface area (Å²) < 4.78 is 6.60. The van der Waals surface area contributed by atoms with Gasteiger partial charge in [0.25, 0.3) is 0 Å². The molecular weight excluding hydrogens is 132 g/mol. The number of nitrogens with zero attached hydrogens (tertiary/aromatic N) is 1. The molecule has 0 saturated carbocycles. The van der Waals surface area contributed by atoms with Crippen LogP contribution >= 0.6 is 0 Å². The van der Waals surface area contributed by atoms with E-state index in [4.69, 9.17) is 4.74 Å². The molecule has 2 heterocycles. The molecule has 54 valence electrons. The van der Waals surface area contributed by atoms with Crippen molar-refractivity contribution in [2.24, 2.45) is 0 Å². The molecule has 0 aliphatic carbocycles. The van der Waals surface area contributed by atoms with E-state index in [2.05, 4.69) is 4.98 Å². The third-order valence-corrected chi connectivity index (χ3v) is 1.69. The Labute approximate surface area is 57.4 Å². The van der Waals surface area contributed by atoms with E-state index in [0.717, 1.165) is 0 Å². The highest BCUT2D eigenvalue weighted by Crippen LogP contribution is 2.13. The molecule has 0 bridgehead atoms. The Morgan fingerprint density at radius 1 is 1.70 bits per heavy atom. The van der Waals surface area contributed by atoms with E-state index in [-0.39, 0.29) is 11.7 Å². The van der Waals surface area contributed by atoms with Gasteiger partial charge in [0.1, 0.15) is 0 Å². The number of rotatable bonds is 1. The van der Waals surface area contributed by atoms with Crippen LogP contribution in [-0.4, -0.2) is 22.8 Å². The summed E-state index contributed by atoms with van der Waals surface area (Å²) in [7, 11) is 0. The summed E-state index contributed by atoms with van der Waals surface area (Å²) in [6.07, 6.45) is 3.39. The summed E-state index contributed by atoms with van der Waals surface area (Å²) >= 11 is 0. The zero-order valence-corrected chi connectivity index (χ0v) is 5.41. The van der Waals surface area contributed by atoms with Crippen molar-refractivity contribution in [1.29, 1.82) is 0 Å². The fraction of sp³-hybridized carbons (Fsp3) is 0.500. The molecule has 1 saturated heterocycles. The van der Waals surface area contributed by atoms with Crippen LogP contribution in [0.4, 0.5) is 0 Å². The Balaban J connectivity index is 2.32. The molecule has 1 aromatic rings. The first-order valence-electron chi connectivity index (χ1n) is 3.21. The fourth-order valence-electron chi connectivity index (χ4n) is 1.00. The summed E-state index contributed by atoms with van der Waals surface area (Å²) in [4.78, 5) is 13.5. The summed E-state index contributed by atoms with van der Waals surface area (Å²) in [5.74, 6) is 0. The van der Waals surface area contributed by atoms with E-state index < -0.39 is 0 Å². The lowest BCUT2D eigenvalue weighted by Crippen LogP contribution is -2.35. The zero-order valence-electron chi connectivity index (χ0n) is 5.41. The highest BCUT2D eigenvalue weighted by Gasteiger charge is 2.20. The van der Waals surface area contributed by atoms with Crippen LogP contribution in [0.5, 0.6) is 0 Å². The standard InChI is InChI=1S/C6H8N2O2/c9-6-7-1-2-8(6)5-3-10-4-5/h1-2,5H,3-4H2,(H,7,9). The fourth-order valence-corrected chi connectivity index (χ4v) is 1.00. The number of H-pyrrole nitrogens is 1. The summed E-state index contributed by atoms with van der Waals surface area (Å²) in [5, 5.41) is 0. The zero-order chi connectivity index (χ0) is 6.97. The summed E-state index contributed by atoms with van der Waals surface area (Å²) in [6.45, 7) is 1.33. The van der Waals surface area contributed by atoms with Crippen molar-refractivity contribution in [2.45, 2.75) is 6.04 Å². The minimum Gasteiger partial charge on any atom is -0.377 e. The number of aromatic nitrogens is 2. The third kappa shape index (κ3) is 0.690. The van der Waals surface area contributed by atoms with E-state index in [9.17, 15) is 4.79 Å². The summed E-state index contributed by atoms with van der Waals surface area (Å²) in [5.41, 5.74) is -0.0479. The first-order valence-corrected chi connectivity index (χ1v) is 3.21. The largest absolute Gasteiger partial charge is 0.377 e. The van der Waals surface area contributed by atoms with Gasteiger partial charge in [-0.1, -0.05) is 0 Å². The maximum atomic E-state index is 10.9. The van der Waals surface area contributed by atoms with Gasteiger partial charge in [-0.2, -0.15) is 0 Å². The topological polar surface area (TPSA) is 47.0 Å². The molecule has 0 radical (unpaired) electrons. The Morgan fingerprint density at radius 2 is 2.50 bits per heavy atom. The van der Waals surface area contributed by atoms with E-state index >= 15 is 0 Å². The molecule has 10 heavy (non-hydrogen) atoms. The molecule has 1 aliphatic rings. The Bertz CT molecular complexity index is 271. The number of nitrogens with one attached hydrogen (secondary N) is 1. The molecule has 0 atom stereocenters.